The minimum absolute atomic E-state index is 0.0851. The first-order chi connectivity index (χ1) is 14.0. The monoisotopic (exact) mass is 394 g/mol. The van der Waals surface area contributed by atoms with E-state index in [1.807, 2.05) is 24.3 Å². The van der Waals surface area contributed by atoms with Gasteiger partial charge in [0.15, 0.2) is 24.8 Å². The minimum atomic E-state index is -0.634. The van der Waals surface area contributed by atoms with Gasteiger partial charge in [-0.25, -0.2) is 4.79 Å². The van der Waals surface area contributed by atoms with Crippen LogP contribution in [0.25, 0.3) is 0 Å². The molecule has 0 amide bonds. The maximum absolute atomic E-state index is 12.3. The summed E-state index contributed by atoms with van der Waals surface area (Å²) in [6, 6.07) is 14.2. The lowest BCUT2D eigenvalue weighted by molar-refractivity contribution is -0.144. The average molecular weight is 394 g/mol. The van der Waals surface area contributed by atoms with Crippen molar-refractivity contribution in [1.29, 1.82) is 0 Å². The van der Waals surface area contributed by atoms with Crippen molar-refractivity contribution in [3.05, 3.63) is 65.2 Å². The van der Waals surface area contributed by atoms with Gasteiger partial charge >= 0.3 is 5.97 Å². The fourth-order valence-electron chi connectivity index (χ4n) is 3.60. The van der Waals surface area contributed by atoms with Gasteiger partial charge in [-0.3, -0.25) is 9.59 Å². The first-order valence-corrected chi connectivity index (χ1v) is 10.1. The lowest BCUT2D eigenvalue weighted by Gasteiger charge is -2.22. The molecule has 152 valence electrons. The van der Waals surface area contributed by atoms with Gasteiger partial charge in [0, 0.05) is 11.1 Å². The van der Waals surface area contributed by atoms with Gasteiger partial charge < -0.3 is 9.47 Å². The minimum Gasteiger partial charge on any atom is -0.482 e. The fraction of sp³-hybridized carbons (Fsp3) is 0.375. The van der Waals surface area contributed by atoms with E-state index in [1.54, 1.807) is 24.3 Å². The molecule has 2 aromatic rings. The van der Waals surface area contributed by atoms with E-state index in [9.17, 15) is 14.4 Å². The average Bonchev–Trinajstić information content (AvgIpc) is 2.77. The van der Waals surface area contributed by atoms with Crippen LogP contribution in [-0.2, 0) is 9.53 Å². The largest absolute Gasteiger partial charge is 0.482 e. The molecule has 5 heteroatoms. The van der Waals surface area contributed by atoms with E-state index in [2.05, 4.69) is 0 Å². The second-order valence-electron chi connectivity index (χ2n) is 7.41. The molecule has 0 saturated heterocycles. The standard InChI is InChI=1S/C24H26O5/c1-17(25)21-8-5-9-22(14-21)28-16-24(27)29-15-23(26)20-12-10-19(11-13-20)18-6-3-2-4-7-18/h5,8-14,18H,2-4,6-7,15-16H2,1H3. The van der Waals surface area contributed by atoms with E-state index in [-0.39, 0.29) is 24.8 Å². The number of esters is 1. The fourth-order valence-corrected chi connectivity index (χ4v) is 3.60. The smallest absolute Gasteiger partial charge is 0.344 e. The van der Waals surface area contributed by atoms with E-state index < -0.39 is 5.97 Å². The summed E-state index contributed by atoms with van der Waals surface area (Å²) in [6.07, 6.45) is 6.26. The van der Waals surface area contributed by atoms with E-state index in [0.717, 1.165) is 0 Å². The zero-order chi connectivity index (χ0) is 20.6. The predicted octanol–water partition coefficient (Wildman–Crippen LogP) is 4.74. The van der Waals surface area contributed by atoms with Gasteiger partial charge in [-0.1, -0.05) is 55.7 Å². The Hall–Kier alpha value is -2.95. The molecular weight excluding hydrogens is 368 g/mol. The Labute approximate surface area is 171 Å². The van der Waals surface area contributed by atoms with Crippen molar-refractivity contribution in [2.24, 2.45) is 0 Å². The SMILES string of the molecule is CC(=O)c1cccc(OCC(=O)OCC(=O)c2ccc(C3CCCCC3)cc2)c1. The summed E-state index contributed by atoms with van der Waals surface area (Å²) in [4.78, 5) is 35.5. The maximum atomic E-state index is 12.3. The Kier molecular flexibility index (Phi) is 7.17. The third-order valence-corrected chi connectivity index (χ3v) is 5.27. The Morgan fingerprint density at radius 1 is 0.897 bits per heavy atom. The van der Waals surface area contributed by atoms with Gasteiger partial charge in [-0.05, 0) is 43.4 Å². The van der Waals surface area contributed by atoms with E-state index in [0.29, 0.717) is 22.8 Å². The van der Waals surface area contributed by atoms with Crippen LogP contribution in [-0.4, -0.2) is 30.7 Å². The molecule has 0 aromatic heterocycles. The summed E-state index contributed by atoms with van der Waals surface area (Å²) in [5, 5.41) is 0. The number of hydrogen-bond acceptors (Lipinski definition) is 5. The molecular formula is C24H26O5. The zero-order valence-electron chi connectivity index (χ0n) is 16.7. The lowest BCUT2D eigenvalue weighted by atomic mass is 9.84. The molecule has 1 fully saturated rings. The van der Waals surface area contributed by atoms with Crippen LogP contribution in [0.3, 0.4) is 0 Å². The van der Waals surface area contributed by atoms with Crippen molar-refractivity contribution < 1.29 is 23.9 Å². The Balaban J connectivity index is 1.45. The molecule has 1 aliphatic carbocycles. The predicted molar refractivity (Wildman–Crippen MR) is 109 cm³/mol. The molecule has 29 heavy (non-hydrogen) atoms. The molecule has 0 heterocycles. The van der Waals surface area contributed by atoms with Crippen molar-refractivity contribution >= 4 is 17.5 Å². The van der Waals surface area contributed by atoms with Crippen molar-refractivity contribution in [3.63, 3.8) is 0 Å². The van der Waals surface area contributed by atoms with Crippen molar-refractivity contribution in [2.45, 2.75) is 44.9 Å². The highest BCUT2D eigenvalue weighted by Gasteiger charge is 2.16. The highest BCUT2D eigenvalue weighted by Crippen LogP contribution is 2.32. The number of ether oxygens (including phenoxy) is 2. The summed E-state index contributed by atoms with van der Waals surface area (Å²) in [6.45, 7) is 0.814. The number of rotatable bonds is 8. The van der Waals surface area contributed by atoms with Crippen LogP contribution >= 0.6 is 0 Å². The molecule has 0 aliphatic heterocycles. The summed E-state index contributed by atoms with van der Waals surface area (Å²) >= 11 is 0. The highest BCUT2D eigenvalue weighted by atomic mass is 16.6. The van der Waals surface area contributed by atoms with Gasteiger partial charge in [-0.15, -0.1) is 0 Å². The van der Waals surface area contributed by atoms with Crippen molar-refractivity contribution in [1.82, 2.24) is 0 Å². The number of hydrogen-bond donors (Lipinski definition) is 0. The van der Waals surface area contributed by atoms with Crippen LogP contribution in [0.5, 0.6) is 5.75 Å². The first-order valence-electron chi connectivity index (χ1n) is 10.1. The first kappa shape index (κ1) is 20.8. The van der Waals surface area contributed by atoms with Crippen LogP contribution in [0.1, 0.15) is 71.2 Å². The second kappa shape index (κ2) is 10.0. The van der Waals surface area contributed by atoms with E-state index in [4.69, 9.17) is 9.47 Å². The van der Waals surface area contributed by atoms with Crippen molar-refractivity contribution in [3.8, 4) is 5.75 Å². The molecule has 2 aromatic carbocycles. The molecule has 3 rings (SSSR count). The summed E-state index contributed by atoms with van der Waals surface area (Å²) < 4.78 is 10.4. The Morgan fingerprint density at radius 3 is 2.31 bits per heavy atom. The molecule has 0 atom stereocenters. The topological polar surface area (TPSA) is 69.7 Å². The van der Waals surface area contributed by atoms with Crippen LogP contribution in [0.2, 0.25) is 0 Å². The molecule has 0 radical (unpaired) electrons. The molecule has 5 nitrogen and oxygen atoms in total. The van der Waals surface area contributed by atoms with Gasteiger partial charge in [0.25, 0.3) is 0 Å². The summed E-state index contributed by atoms with van der Waals surface area (Å²) in [5.74, 6) is 0.0271. The van der Waals surface area contributed by atoms with Crippen LogP contribution < -0.4 is 4.74 Å². The molecule has 0 bridgehead atoms. The molecule has 1 saturated carbocycles. The zero-order valence-corrected chi connectivity index (χ0v) is 16.7. The Morgan fingerprint density at radius 2 is 1.62 bits per heavy atom. The molecule has 0 spiro atoms. The number of ketones is 2. The van der Waals surface area contributed by atoms with Crippen LogP contribution in [0, 0.1) is 0 Å². The number of benzene rings is 2. The quantitative estimate of drug-likeness (QED) is 0.478. The van der Waals surface area contributed by atoms with Crippen LogP contribution in [0.4, 0.5) is 0 Å². The number of carbonyl (C=O) groups excluding carboxylic acids is 3. The Bertz CT molecular complexity index is 863. The third kappa shape index (κ3) is 6.01. The van der Waals surface area contributed by atoms with Crippen LogP contribution in [0.15, 0.2) is 48.5 Å². The number of carbonyl (C=O) groups is 3. The van der Waals surface area contributed by atoms with E-state index in [1.165, 1.54) is 44.6 Å². The molecule has 0 unspecified atom stereocenters. The number of Topliss-reactive ketones (excluding diaryl/α,β-unsaturated/α-hetero) is 2. The van der Waals surface area contributed by atoms with Gasteiger partial charge in [0.05, 0.1) is 0 Å². The normalized spacial score (nSPS) is 14.2. The van der Waals surface area contributed by atoms with Gasteiger partial charge in [0.1, 0.15) is 5.75 Å². The van der Waals surface area contributed by atoms with E-state index >= 15 is 0 Å². The second-order valence-corrected chi connectivity index (χ2v) is 7.41. The van der Waals surface area contributed by atoms with Gasteiger partial charge in [0.2, 0.25) is 0 Å². The third-order valence-electron chi connectivity index (χ3n) is 5.27. The summed E-state index contributed by atoms with van der Waals surface area (Å²) in [7, 11) is 0. The lowest BCUT2D eigenvalue weighted by Crippen LogP contribution is -2.19. The van der Waals surface area contributed by atoms with Gasteiger partial charge in [-0.2, -0.15) is 0 Å². The highest BCUT2D eigenvalue weighted by molar-refractivity contribution is 5.98. The molecule has 1 aliphatic rings. The maximum Gasteiger partial charge on any atom is 0.344 e. The van der Waals surface area contributed by atoms with Crippen molar-refractivity contribution in [2.75, 3.05) is 13.2 Å². The molecule has 0 N–H and O–H groups in total. The summed E-state index contributed by atoms with van der Waals surface area (Å²) in [5.41, 5.74) is 2.31.